The molecule has 0 bridgehead atoms. The fraction of sp³-hybridized carbons (Fsp3) is 0.188. The van der Waals surface area contributed by atoms with Gasteiger partial charge in [-0.2, -0.15) is 0 Å². The van der Waals surface area contributed by atoms with Crippen LogP contribution in [0.4, 0.5) is 5.69 Å². The normalized spacial score (nSPS) is 14.6. The number of aliphatic hydroxyl groups excluding tert-OH is 3. The SMILES string of the molecule is O=[N+]([O-])c1ccccc1-c1nc2ccccc2n1CC(O)CO.OCC1Cn2c(nc3ccccc32)-c2ccccc2O1. The van der Waals surface area contributed by atoms with E-state index in [1.165, 1.54) is 6.07 Å². The molecule has 2 atom stereocenters. The molecule has 0 saturated carbocycles. The maximum absolute atomic E-state index is 11.3. The molecule has 4 aromatic carbocycles. The van der Waals surface area contributed by atoms with Crippen molar-refractivity contribution in [2.45, 2.75) is 25.3 Å². The van der Waals surface area contributed by atoms with E-state index >= 15 is 0 Å². The summed E-state index contributed by atoms with van der Waals surface area (Å²) >= 11 is 0. The van der Waals surface area contributed by atoms with Crippen LogP contribution in [0.15, 0.2) is 97.1 Å². The molecule has 11 heteroatoms. The van der Waals surface area contributed by atoms with Crippen LogP contribution in [0.1, 0.15) is 0 Å². The van der Waals surface area contributed by atoms with Crippen LogP contribution in [-0.4, -0.2) is 64.8 Å². The third-order valence-electron chi connectivity index (χ3n) is 7.27. The van der Waals surface area contributed by atoms with Crippen molar-refractivity contribution in [3.8, 4) is 28.5 Å². The van der Waals surface area contributed by atoms with Gasteiger partial charge in [-0.25, -0.2) is 9.97 Å². The van der Waals surface area contributed by atoms with Crippen LogP contribution >= 0.6 is 0 Å². The highest BCUT2D eigenvalue weighted by molar-refractivity contribution is 5.83. The maximum Gasteiger partial charge on any atom is 0.280 e. The molecule has 6 aromatic rings. The summed E-state index contributed by atoms with van der Waals surface area (Å²) in [5.74, 6) is 2.07. The van der Waals surface area contributed by atoms with E-state index in [0.29, 0.717) is 23.4 Å². The van der Waals surface area contributed by atoms with E-state index in [0.717, 1.165) is 33.7 Å². The molecule has 2 aromatic heterocycles. The highest BCUT2D eigenvalue weighted by Gasteiger charge is 2.25. The summed E-state index contributed by atoms with van der Waals surface area (Å²) in [5.41, 5.74) is 4.75. The van der Waals surface area contributed by atoms with Crippen molar-refractivity contribution in [3.63, 3.8) is 0 Å². The van der Waals surface area contributed by atoms with E-state index in [1.54, 1.807) is 28.8 Å². The lowest BCUT2D eigenvalue weighted by Crippen LogP contribution is -2.25. The zero-order valence-corrected chi connectivity index (χ0v) is 23.0. The molecule has 218 valence electrons. The standard InChI is InChI=1S/C16H15N3O4.C16H14N2O2/c20-10-11(21)9-18-15-8-4-2-6-13(15)17-16(18)12-5-1-3-7-14(12)19(22)23;19-10-11-9-18-14-7-3-2-6-13(14)17-16(18)12-5-1-4-8-15(12)20-11/h1-8,11,20-21H,9-10H2;1-8,11,19H,9-10H2. The van der Waals surface area contributed by atoms with Crippen molar-refractivity contribution in [1.29, 1.82) is 0 Å². The van der Waals surface area contributed by atoms with Gasteiger partial charge in [-0.3, -0.25) is 10.1 Å². The van der Waals surface area contributed by atoms with Crippen LogP contribution in [-0.2, 0) is 13.1 Å². The van der Waals surface area contributed by atoms with E-state index < -0.39 is 17.6 Å². The number of para-hydroxylation sites is 6. The summed E-state index contributed by atoms with van der Waals surface area (Å²) in [6.45, 7) is 0.280. The molecule has 0 saturated heterocycles. The second kappa shape index (κ2) is 12.0. The van der Waals surface area contributed by atoms with Gasteiger partial charge in [-0.05, 0) is 42.5 Å². The van der Waals surface area contributed by atoms with Crippen LogP contribution in [0.2, 0.25) is 0 Å². The quantitative estimate of drug-likeness (QED) is 0.194. The first-order valence-corrected chi connectivity index (χ1v) is 13.8. The summed E-state index contributed by atoms with van der Waals surface area (Å²) < 4.78 is 9.71. The molecule has 2 unspecified atom stereocenters. The van der Waals surface area contributed by atoms with Gasteiger partial charge in [0.25, 0.3) is 5.69 Å². The van der Waals surface area contributed by atoms with Crippen LogP contribution in [0.3, 0.4) is 0 Å². The molecule has 7 rings (SSSR count). The Bertz CT molecular complexity index is 1920. The number of hydrogen-bond donors (Lipinski definition) is 3. The van der Waals surface area contributed by atoms with Gasteiger partial charge in [0.2, 0.25) is 0 Å². The van der Waals surface area contributed by atoms with E-state index in [9.17, 15) is 20.3 Å². The van der Waals surface area contributed by atoms with Gasteiger partial charge in [0.15, 0.2) is 0 Å². The maximum atomic E-state index is 11.3. The Labute approximate surface area is 246 Å². The molecule has 11 nitrogen and oxygen atoms in total. The molecule has 1 aliphatic heterocycles. The number of hydrogen-bond acceptors (Lipinski definition) is 8. The Kier molecular flexibility index (Phi) is 7.84. The molecule has 0 aliphatic carbocycles. The van der Waals surface area contributed by atoms with E-state index in [4.69, 9.17) is 14.8 Å². The summed E-state index contributed by atoms with van der Waals surface area (Å²) in [6, 6.07) is 29.5. The lowest BCUT2D eigenvalue weighted by molar-refractivity contribution is -0.384. The first-order valence-electron chi connectivity index (χ1n) is 13.8. The van der Waals surface area contributed by atoms with Gasteiger partial charge < -0.3 is 29.2 Å². The third kappa shape index (κ3) is 5.44. The number of nitro benzene ring substituents is 1. The Balaban J connectivity index is 0.000000154. The van der Waals surface area contributed by atoms with Crippen molar-refractivity contribution in [3.05, 3.63) is 107 Å². The first-order chi connectivity index (χ1) is 21.0. The van der Waals surface area contributed by atoms with Crippen molar-refractivity contribution in [2.75, 3.05) is 13.2 Å². The number of benzene rings is 4. The van der Waals surface area contributed by atoms with Gasteiger partial charge in [-0.1, -0.05) is 48.5 Å². The van der Waals surface area contributed by atoms with Crippen LogP contribution in [0, 0.1) is 10.1 Å². The average Bonchev–Trinajstić information content (AvgIpc) is 3.54. The van der Waals surface area contributed by atoms with Crippen LogP contribution in [0.5, 0.6) is 5.75 Å². The number of aliphatic hydroxyl groups is 3. The van der Waals surface area contributed by atoms with Gasteiger partial charge >= 0.3 is 0 Å². The van der Waals surface area contributed by atoms with E-state index in [1.807, 2.05) is 66.7 Å². The van der Waals surface area contributed by atoms with Crippen LogP contribution < -0.4 is 4.74 Å². The predicted octanol–water partition coefficient (Wildman–Crippen LogP) is 4.42. The fourth-order valence-corrected chi connectivity index (χ4v) is 5.29. The molecule has 3 heterocycles. The van der Waals surface area contributed by atoms with Gasteiger partial charge in [-0.15, -0.1) is 0 Å². The van der Waals surface area contributed by atoms with Crippen molar-refractivity contribution in [2.24, 2.45) is 0 Å². The van der Waals surface area contributed by atoms with Gasteiger partial charge in [0.1, 0.15) is 23.5 Å². The van der Waals surface area contributed by atoms with Gasteiger partial charge in [0.05, 0.1) is 70.5 Å². The Morgan fingerprint density at radius 1 is 0.837 bits per heavy atom. The number of nitrogens with zero attached hydrogens (tertiary/aromatic N) is 5. The first kappa shape index (κ1) is 28.0. The lowest BCUT2D eigenvalue weighted by atomic mass is 10.1. The second-order valence-corrected chi connectivity index (χ2v) is 10.1. The fourth-order valence-electron chi connectivity index (χ4n) is 5.29. The minimum absolute atomic E-state index is 0.0136. The number of aromatic nitrogens is 4. The molecule has 0 amide bonds. The summed E-state index contributed by atoms with van der Waals surface area (Å²) in [4.78, 5) is 20.0. The molecule has 43 heavy (non-hydrogen) atoms. The molecule has 0 radical (unpaired) electrons. The minimum Gasteiger partial charge on any atom is -0.485 e. The van der Waals surface area contributed by atoms with Crippen molar-refractivity contribution in [1.82, 2.24) is 19.1 Å². The molecular weight excluding hydrogens is 550 g/mol. The highest BCUT2D eigenvalue weighted by atomic mass is 16.6. The number of ether oxygens (including phenoxy) is 1. The highest BCUT2D eigenvalue weighted by Crippen LogP contribution is 2.35. The third-order valence-corrected chi connectivity index (χ3v) is 7.27. The number of rotatable bonds is 6. The predicted molar refractivity (Wildman–Crippen MR) is 162 cm³/mol. The Morgan fingerprint density at radius 2 is 1.44 bits per heavy atom. The lowest BCUT2D eigenvalue weighted by Gasteiger charge is -2.15. The van der Waals surface area contributed by atoms with E-state index in [2.05, 4.69) is 9.55 Å². The monoisotopic (exact) mass is 579 g/mol. The summed E-state index contributed by atoms with van der Waals surface area (Å²) in [5, 5.41) is 39.7. The molecule has 3 N–H and O–H groups in total. The number of imidazole rings is 2. The second-order valence-electron chi connectivity index (χ2n) is 10.1. The Hall–Kier alpha value is -5.10. The zero-order chi connectivity index (χ0) is 29.9. The topological polar surface area (TPSA) is 149 Å². The molecule has 0 fully saturated rings. The summed E-state index contributed by atoms with van der Waals surface area (Å²) in [7, 11) is 0. The van der Waals surface area contributed by atoms with Gasteiger partial charge in [0, 0.05) is 6.07 Å². The largest absolute Gasteiger partial charge is 0.485 e. The zero-order valence-electron chi connectivity index (χ0n) is 23.0. The minimum atomic E-state index is -0.978. The Morgan fingerprint density at radius 3 is 2.16 bits per heavy atom. The van der Waals surface area contributed by atoms with Crippen LogP contribution in [0.25, 0.3) is 44.8 Å². The summed E-state index contributed by atoms with van der Waals surface area (Å²) in [6.07, 6.45) is -1.23. The molecular formula is C32H29N5O6. The van der Waals surface area contributed by atoms with Crippen molar-refractivity contribution < 1.29 is 25.0 Å². The van der Waals surface area contributed by atoms with E-state index in [-0.39, 0.29) is 24.9 Å². The number of nitro groups is 1. The molecule has 1 aliphatic rings. The molecule has 0 spiro atoms. The van der Waals surface area contributed by atoms with Crippen molar-refractivity contribution >= 4 is 27.8 Å². The average molecular weight is 580 g/mol. The number of fused-ring (bicyclic) bond motifs is 6. The smallest absolute Gasteiger partial charge is 0.280 e.